The molecule has 0 heterocycles. The molecule has 1 rings (SSSR count). The fraction of sp³-hybridized carbons (Fsp3) is 0.929. The van der Waals surface area contributed by atoms with E-state index < -0.39 is 0 Å². The van der Waals surface area contributed by atoms with Crippen LogP contribution in [0.2, 0.25) is 0 Å². The zero-order chi connectivity index (χ0) is 13.1. The minimum atomic E-state index is 0.198. The van der Waals surface area contributed by atoms with Crippen LogP contribution in [0.1, 0.15) is 53.4 Å². The van der Waals surface area contributed by atoms with E-state index in [0.717, 1.165) is 0 Å². The monoisotopic (exact) mass is 240 g/mol. The maximum atomic E-state index is 11.9. The van der Waals surface area contributed by atoms with Crippen LogP contribution in [0.5, 0.6) is 0 Å². The molecule has 0 aromatic heterocycles. The van der Waals surface area contributed by atoms with Crippen molar-refractivity contribution in [2.45, 2.75) is 65.5 Å². The lowest BCUT2D eigenvalue weighted by Gasteiger charge is -2.36. The van der Waals surface area contributed by atoms with Crippen molar-refractivity contribution in [1.29, 1.82) is 0 Å². The van der Waals surface area contributed by atoms with Gasteiger partial charge in [-0.15, -0.1) is 0 Å². The summed E-state index contributed by atoms with van der Waals surface area (Å²) in [5, 5.41) is 3.42. The Labute approximate surface area is 106 Å². The second-order valence-corrected chi connectivity index (χ2v) is 6.44. The van der Waals surface area contributed by atoms with Crippen molar-refractivity contribution < 1.29 is 4.79 Å². The molecule has 0 aliphatic heterocycles. The highest BCUT2D eigenvalue weighted by Gasteiger charge is 2.28. The van der Waals surface area contributed by atoms with E-state index >= 15 is 0 Å². The number of carbonyl (C=O) groups is 1. The molecule has 1 unspecified atom stereocenters. The Morgan fingerprint density at radius 2 is 2.12 bits per heavy atom. The van der Waals surface area contributed by atoms with Gasteiger partial charge in [-0.1, -0.05) is 20.3 Å². The number of rotatable bonds is 4. The lowest BCUT2D eigenvalue weighted by atomic mass is 9.75. The summed E-state index contributed by atoms with van der Waals surface area (Å²) >= 11 is 0. The molecule has 0 aromatic carbocycles. The molecule has 17 heavy (non-hydrogen) atoms. The van der Waals surface area contributed by atoms with E-state index in [2.05, 4.69) is 19.2 Å². The molecule has 1 aliphatic carbocycles. The SMILES string of the molecule is CC(C)N(C)C(=O)CNC1CCCC(C)(C)C1. The van der Waals surface area contributed by atoms with Crippen LogP contribution in [0.15, 0.2) is 0 Å². The van der Waals surface area contributed by atoms with Crippen LogP contribution in [0.4, 0.5) is 0 Å². The fourth-order valence-electron chi connectivity index (χ4n) is 2.52. The average Bonchev–Trinajstić information content (AvgIpc) is 2.23. The first-order chi connectivity index (χ1) is 7.82. The molecule has 0 spiro atoms. The Hall–Kier alpha value is -0.570. The van der Waals surface area contributed by atoms with Gasteiger partial charge in [-0.2, -0.15) is 0 Å². The molecule has 1 saturated carbocycles. The van der Waals surface area contributed by atoms with E-state index in [9.17, 15) is 4.79 Å². The molecule has 0 saturated heterocycles. The Kier molecular flexibility index (Phi) is 4.99. The number of carbonyl (C=O) groups excluding carboxylic acids is 1. The minimum absolute atomic E-state index is 0.198. The van der Waals surface area contributed by atoms with Crippen molar-refractivity contribution in [2.24, 2.45) is 5.41 Å². The second kappa shape index (κ2) is 5.85. The summed E-state index contributed by atoms with van der Waals surface area (Å²) in [7, 11) is 1.87. The normalized spacial score (nSPS) is 23.8. The van der Waals surface area contributed by atoms with E-state index in [1.807, 2.05) is 20.9 Å². The first kappa shape index (κ1) is 14.5. The number of nitrogens with zero attached hydrogens (tertiary/aromatic N) is 1. The highest BCUT2D eigenvalue weighted by atomic mass is 16.2. The van der Waals surface area contributed by atoms with Gasteiger partial charge in [0.05, 0.1) is 6.54 Å². The maximum absolute atomic E-state index is 11.9. The average molecular weight is 240 g/mol. The summed E-state index contributed by atoms with van der Waals surface area (Å²) < 4.78 is 0. The van der Waals surface area contributed by atoms with Crippen molar-refractivity contribution >= 4 is 5.91 Å². The molecule has 1 N–H and O–H groups in total. The Morgan fingerprint density at radius 1 is 1.47 bits per heavy atom. The molecule has 0 radical (unpaired) electrons. The molecule has 0 aromatic rings. The van der Waals surface area contributed by atoms with E-state index in [4.69, 9.17) is 0 Å². The third-order valence-electron chi connectivity index (χ3n) is 3.92. The van der Waals surface area contributed by atoms with Gasteiger partial charge in [0.2, 0.25) is 5.91 Å². The standard InChI is InChI=1S/C14H28N2O/c1-11(2)16(5)13(17)10-15-12-7-6-8-14(3,4)9-12/h11-12,15H,6-10H2,1-5H3. The zero-order valence-corrected chi connectivity index (χ0v) is 12.0. The van der Waals surface area contributed by atoms with Crippen LogP contribution in [-0.2, 0) is 4.79 Å². The summed E-state index contributed by atoms with van der Waals surface area (Å²) in [6.45, 7) is 9.21. The maximum Gasteiger partial charge on any atom is 0.236 e. The summed E-state index contributed by atoms with van der Waals surface area (Å²) in [5.41, 5.74) is 0.433. The van der Waals surface area contributed by atoms with Crippen molar-refractivity contribution in [3.05, 3.63) is 0 Å². The van der Waals surface area contributed by atoms with Gasteiger partial charge in [0.1, 0.15) is 0 Å². The van der Waals surface area contributed by atoms with Crippen molar-refractivity contribution in [1.82, 2.24) is 10.2 Å². The lowest BCUT2D eigenvalue weighted by Crippen LogP contribution is -2.44. The highest BCUT2D eigenvalue weighted by molar-refractivity contribution is 5.78. The largest absolute Gasteiger partial charge is 0.342 e. The molecule has 1 amide bonds. The van der Waals surface area contributed by atoms with Crippen LogP contribution in [0, 0.1) is 5.41 Å². The van der Waals surface area contributed by atoms with E-state index in [-0.39, 0.29) is 11.9 Å². The van der Waals surface area contributed by atoms with E-state index in [0.29, 0.717) is 18.0 Å². The molecule has 100 valence electrons. The number of hydrogen-bond acceptors (Lipinski definition) is 2. The summed E-state index contributed by atoms with van der Waals surface area (Å²) in [6, 6.07) is 0.801. The summed E-state index contributed by atoms with van der Waals surface area (Å²) in [5.74, 6) is 0.198. The van der Waals surface area contributed by atoms with Crippen LogP contribution >= 0.6 is 0 Å². The van der Waals surface area contributed by atoms with Gasteiger partial charge in [0, 0.05) is 19.1 Å². The molecular weight excluding hydrogens is 212 g/mol. The number of amides is 1. The van der Waals surface area contributed by atoms with Gasteiger partial charge in [0.25, 0.3) is 0 Å². The molecular formula is C14H28N2O. The predicted molar refractivity (Wildman–Crippen MR) is 71.9 cm³/mol. The smallest absolute Gasteiger partial charge is 0.236 e. The van der Waals surface area contributed by atoms with Gasteiger partial charge in [-0.3, -0.25) is 4.79 Å². The molecule has 1 fully saturated rings. The van der Waals surface area contributed by atoms with Crippen LogP contribution in [0.3, 0.4) is 0 Å². The van der Waals surface area contributed by atoms with Crippen molar-refractivity contribution in [3.63, 3.8) is 0 Å². The third kappa shape index (κ3) is 4.66. The van der Waals surface area contributed by atoms with Crippen LogP contribution in [-0.4, -0.2) is 36.5 Å². The van der Waals surface area contributed by atoms with Crippen LogP contribution in [0.25, 0.3) is 0 Å². The van der Waals surface area contributed by atoms with Crippen molar-refractivity contribution in [2.75, 3.05) is 13.6 Å². The molecule has 3 heteroatoms. The van der Waals surface area contributed by atoms with Crippen molar-refractivity contribution in [3.8, 4) is 0 Å². The fourth-order valence-corrected chi connectivity index (χ4v) is 2.52. The topological polar surface area (TPSA) is 32.3 Å². The minimum Gasteiger partial charge on any atom is -0.342 e. The molecule has 3 nitrogen and oxygen atoms in total. The first-order valence-electron chi connectivity index (χ1n) is 6.81. The summed E-state index contributed by atoms with van der Waals surface area (Å²) in [6.07, 6.45) is 4.98. The van der Waals surface area contributed by atoms with Gasteiger partial charge < -0.3 is 10.2 Å². The Bertz CT molecular complexity index is 261. The first-order valence-corrected chi connectivity index (χ1v) is 6.81. The van der Waals surface area contributed by atoms with Gasteiger partial charge >= 0.3 is 0 Å². The Balaban J connectivity index is 2.33. The predicted octanol–water partition coefficient (Wildman–Crippen LogP) is 2.41. The third-order valence-corrected chi connectivity index (χ3v) is 3.92. The number of nitrogens with one attached hydrogen (secondary N) is 1. The van der Waals surface area contributed by atoms with Gasteiger partial charge in [0.15, 0.2) is 0 Å². The number of hydrogen-bond donors (Lipinski definition) is 1. The highest BCUT2D eigenvalue weighted by Crippen LogP contribution is 2.34. The van der Waals surface area contributed by atoms with Gasteiger partial charge in [-0.25, -0.2) is 0 Å². The number of likely N-dealkylation sites (N-methyl/N-ethyl adjacent to an activating group) is 1. The Morgan fingerprint density at radius 3 is 2.65 bits per heavy atom. The molecule has 1 aliphatic rings. The molecule has 1 atom stereocenters. The van der Waals surface area contributed by atoms with E-state index in [1.165, 1.54) is 25.7 Å². The van der Waals surface area contributed by atoms with E-state index in [1.54, 1.807) is 4.90 Å². The molecule has 0 bridgehead atoms. The summed E-state index contributed by atoms with van der Waals surface area (Å²) in [4.78, 5) is 13.7. The quantitative estimate of drug-likeness (QED) is 0.818. The second-order valence-electron chi connectivity index (χ2n) is 6.44. The lowest BCUT2D eigenvalue weighted by molar-refractivity contribution is -0.130. The zero-order valence-electron chi connectivity index (χ0n) is 12.0. The van der Waals surface area contributed by atoms with Gasteiger partial charge in [-0.05, 0) is 38.5 Å². The van der Waals surface area contributed by atoms with Crippen LogP contribution < -0.4 is 5.32 Å².